The average Bonchev–Trinajstić information content (AvgIpc) is 2.68. The van der Waals surface area contributed by atoms with E-state index in [2.05, 4.69) is 55.3 Å². The fourth-order valence-electron chi connectivity index (χ4n) is 2.90. The Morgan fingerprint density at radius 2 is 1.85 bits per heavy atom. The topological polar surface area (TPSA) is 42.0 Å². The van der Waals surface area contributed by atoms with Gasteiger partial charge in [-0.15, -0.1) is 0 Å². The van der Waals surface area contributed by atoms with Crippen LogP contribution in [0.1, 0.15) is 44.7 Å². The molecule has 0 spiro atoms. The molecule has 3 rings (SSSR count). The number of benzene rings is 2. The second-order valence-electron chi connectivity index (χ2n) is 7.43. The maximum atomic E-state index is 12.2. The molecule has 0 atom stereocenters. The van der Waals surface area contributed by atoms with Crippen LogP contribution in [0.4, 0.5) is 5.69 Å². The molecule has 0 fully saturated rings. The summed E-state index contributed by atoms with van der Waals surface area (Å²) in [5.74, 6) is -0.0490. The zero-order valence-corrected chi connectivity index (χ0v) is 16.2. The van der Waals surface area contributed by atoms with Gasteiger partial charge in [-0.05, 0) is 35.1 Å². The van der Waals surface area contributed by atoms with E-state index in [1.807, 2.05) is 42.5 Å². The number of anilines is 1. The highest BCUT2D eigenvalue weighted by Gasteiger charge is 2.17. The largest absolute Gasteiger partial charge is 0.324 e. The van der Waals surface area contributed by atoms with Crippen LogP contribution in [0, 0.1) is 0 Å². The lowest BCUT2D eigenvalue weighted by Crippen LogP contribution is -2.14. The zero-order chi connectivity index (χ0) is 19.3. The maximum Gasteiger partial charge on any atom is 0.228 e. The van der Waals surface area contributed by atoms with Gasteiger partial charge in [0.25, 0.3) is 0 Å². The highest BCUT2D eigenvalue weighted by Crippen LogP contribution is 2.26. The van der Waals surface area contributed by atoms with Gasteiger partial charge in [0.1, 0.15) is 0 Å². The van der Waals surface area contributed by atoms with Crippen molar-refractivity contribution in [2.75, 3.05) is 5.32 Å². The smallest absolute Gasteiger partial charge is 0.228 e. The predicted molar refractivity (Wildman–Crippen MR) is 114 cm³/mol. The third-order valence-corrected chi connectivity index (χ3v) is 5.06. The van der Waals surface area contributed by atoms with Crippen molar-refractivity contribution in [2.45, 2.75) is 39.0 Å². The quantitative estimate of drug-likeness (QED) is 0.590. The molecular weight excluding hydrogens is 332 g/mol. The highest BCUT2D eigenvalue weighted by atomic mass is 16.1. The normalized spacial score (nSPS) is 11.8. The summed E-state index contributed by atoms with van der Waals surface area (Å²) in [5, 5.41) is 3.92. The molecule has 27 heavy (non-hydrogen) atoms. The van der Waals surface area contributed by atoms with Crippen LogP contribution in [0.5, 0.6) is 0 Å². The van der Waals surface area contributed by atoms with E-state index in [9.17, 15) is 4.79 Å². The Kier molecular flexibility index (Phi) is 5.70. The monoisotopic (exact) mass is 358 g/mol. The van der Waals surface area contributed by atoms with Crippen molar-refractivity contribution in [3.8, 4) is 0 Å². The van der Waals surface area contributed by atoms with Crippen LogP contribution in [0.25, 0.3) is 17.0 Å². The number of rotatable bonds is 6. The van der Waals surface area contributed by atoms with Crippen molar-refractivity contribution < 1.29 is 4.79 Å². The molecule has 0 radical (unpaired) electrons. The SMILES string of the molecule is CCC(C)(C)c1ccc(C=CCC(=O)Nc2cnc3ccccc3c2)cc1. The molecule has 1 heterocycles. The molecule has 1 aromatic heterocycles. The fraction of sp³-hybridized carbons (Fsp3) is 0.250. The molecule has 1 amide bonds. The molecule has 1 N–H and O–H groups in total. The van der Waals surface area contributed by atoms with Crippen LogP contribution in [-0.4, -0.2) is 10.9 Å². The Bertz CT molecular complexity index is 956. The van der Waals surface area contributed by atoms with Crippen molar-refractivity contribution >= 4 is 28.6 Å². The Morgan fingerprint density at radius 1 is 1.11 bits per heavy atom. The number of hydrogen-bond acceptors (Lipinski definition) is 2. The van der Waals surface area contributed by atoms with Crippen LogP contribution < -0.4 is 5.32 Å². The van der Waals surface area contributed by atoms with Gasteiger partial charge in [0.15, 0.2) is 0 Å². The molecule has 3 heteroatoms. The fourth-order valence-corrected chi connectivity index (χ4v) is 2.90. The number of carbonyl (C=O) groups excluding carboxylic acids is 1. The van der Waals surface area contributed by atoms with Crippen LogP contribution in [-0.2, 0) is 10.2 Å². The number of pyridine rings is 1. The minimum atomic E-state index is -0.0490. The first kappa shape index (κ1) is 18.8. The Hall–Kier alpha value is -2.94. The molecule has 0 aliphatic carbocycles. The Balaban J connectivity index is 1.58. The van der Waals surface area contributed by atoms with Crippen molar-refractivity contribution in [1.29, 1.82) is 0 Å². The van der Waals surface area contributed by atoms with Crippen molar-refractivity contribution in [3.05, 3.63) is 78.0 Å². The molecule has 3 aromatic rings. The number of aromatic nitrogens is 1. The molecule has 138 valence electrons. The molecule has 3 nitrogen and oxygen atoms in total. The van der Waals surface area contributed by atoms with Gasteiger partial charge in [-0.2, -0.15) is 0 Å². The van der Waals surface area contributed by atoms with E-state index >= 15 is 0 Å². The van der Waals surface area contributed by atoms with E-state index in [1.165, 1.54) is 5.56 Å². The summed E-state index contributed by atoms with van der Waals surface area (Å²) in [7, 11) is 0. The number of hydrogen-bond donors (Lipinski definition) is 1. The first-order chi connectivity index (χ1) is 13.0. The number of carbonyl (C=O) groups is 1. The zero-order valence-electron chi connectivity index (χ0n) is 16.2. The van der Waals surface area contributed by atoms with E-state index in [4.69, 9.17) is 0 Å². The first-order valence-electron chi connectivity index (χ1n) is 9.40. The van der Waals surface area contributed by atoms with Crippen LogP contribution in [0.3, 0.4) is 0 Å². The van der Waals surface area contributed by atoms with Gasteiger partial charge >= 0.3 is 0 Å². The maximum absolute atomic E-state index is 12.2. The number of fused-ring (bicyclic) bond motifs is 1. The molecule has 0 aliphatic heterocycles. The van der Waals surface area contributed by atoms with E-state index < -0.39 is 0 Å². The van der Waals surface area contributed by atoms with Gasteiger partial charge in [-0.3, -0.25) is 9.78 Å². The standard InChI is InChI=1S/C24H26N2O/c1-4-24(2,3)20-14-12-18(13-15-20)8-7-11-23(27)26-21-16-19-9-5-6-10-22(19)25-17-21/h5-10,12-17H,4,11H2,1-3H3,(H,26,27). The second-order valence-corrected chi connectivity index (χ2v) is 7.43. The van der Waals surface area contributed by atoms with E-state index in [1.54, 1.807) is 6.20 Å². The summed E-state index contributed by atoms with van der Waals surface area (Å²) < 4.78 is 0. The molecular formula is C24H26N2O. The van der Waals surface area contributed by atoms with Gasteiger partial charge in [0.05, 0.1) is 17.4 Å². The molecule has 0 aliphatic rings. The number of nitrogens with one attached hydrogen (secondary N) is 1. The minimum absolute atomic E-state index is 0.0490. The van der Waals surface area contributed by atoms with E-state index in [0.29, 0.717) is 6.42 Å². The Labute approximate surface area is 161 Å². The summed E-state index contributed by atoms with van der Waals surface area (Å²) >= 11 is 0. The van der Waals surface area contributed by atoms with Crippen molar-refractivity contribution in [1.82, 2.24) is 4.98 Å². The lowest BCUT2D eigenvalue weighted by molar-refractivity contribution is -0.115. The third-order valence-electron chi connectivity index (χ3n) is 5.06. The molecule has 2 aromatic carbocycles. The Morgan fingerprint density at radius 3 is 2.59 bits per heavy atom. The molecule has 0 saturated heterocycles. The third kappa shape index (κ3) is 4.82. The summed E-state index contributed by atoms with van der Waals surface area (Å²) in [6.07, 6.45) is 7.00. The lowest BCUT2D eigenvalue weighted by atomic mass is 9.82. The second kappa shape index (κ2) is 8.17. The minimum Gasteiger partial charge on any atom is -0.324 e. The van der Waals surface area contributed by atoms with Crippen LogP contribution in [0.15, 0.2) is 66.9 Å². The van der Waals surface area contributed by atoms with E-state index in [0.717, 1.165) is 28.6 Å². The number of amides is 1. The van der Waals surface area contributed by atoms with Crippen molar-refractivity contribution in [2.24, 2.45) is 0 Å². The molecule has 0 unspecified atom stereocenters. The summed E-state index contributed by atoms with van der Waals surface area (Å²) in [4.78, 5) is 16.5. The summed E-state index contributed by atoms with van der Waals surface area (Å²) in [6, 6.07) is 18.4. The van der Waals surface area contributed by atoms with Crippen LogP contribution >= 0.6 is 0 Å². The summed E-state index contributed by atoms with van der Waals surface area (Å²) in [6.45, 7) is 6.71. The molecule has 0 bridgehead atoms. The van der Waals surface area contributed by atoms with Gasteiger partial charge in [-0.1, -0.05) is 75.4 Å². The lowest BCUT2D eigenvalue weighted by Gasteiger charge is -2.23. The first-order valence-corrected chi connectivity index (χ1v) is 9.40. The molecule has 0 saturated carbocycles. The summed E-state index contributed by atoms with van der Waals surface area (Å²) in [5.41, 5.74) is 4.27. The highest BCUT2D eigenvalue weighted by molar-refractivity contribution is 5.94. The predicted octanol–water partition coefficient (Wildman–Crippen LogP) is 5.96. The number of nitrogens with zero attached hydrogens (tertiary/aromatic N) is 1. The van der Waals surface area contributed by atoms with Gasteiger partial charge < -0.3 is 5.32 Å². The number of para-hydroxylation sites is 1. The van der Waals surface area contributed by atoms with Gasteiger partial charge in [-0.25, -0.2) is 0 Å². The van der Waals surface area contributed by atoms with Gasteiger partial charge in [0, 0.05) is 11.8 Å². The van der Waals surface area contributed by atoms with Gasteiger partial charge in [0.2, 0.25) is 5.91 Å². The van der Waals surface area contributed by atoms with Crippen LogP contribution in [0.2, 0.25) is 0 Å². The average molecular weight is 358 g/mol. The van der Waals surface area contributed by atoms with Crippen molar-refractivity contribution in [3.63, 3.8) is 0 Å². The van der Waals surface area contributed by atoms with E-state index in [-0.39, 0.29) is 11.3 Å².